The Labute approximate surface area is 92.5 Å². The predicted octanol–water partition coefficient (Wildman–Crippen LogP) is 2.22. The van der Waals surface area contributed by atoms with Gasteiger partial charge in [-0.1, -0.05) is 13.3 Å². The standard InChI is InChI=1S/C12H23NO2/c1-5-6-9-7-13(12(2,3)4)8-10(9)11(14)15/h9-10H,5-8H2,1-4H3,(H,14,15)/t9-,10-/m1/s1. The van der Waals surface area contributed by atoms with E-state index in [1.807, 2.05) is 0 Å². The van der Waals surface area contributed by atoms with Gasteiger partial charge in [-0.3, -0.25) is 9.69 Å². The molecule has 0 aromatic heterocycles. The van der Waals surface area contributed by atoms with E-state index in [2.05, 4.69) is 32.6 Å². The van der Waals surface area contributed by atoms with E-state index in [-0.39, 0.29) is 11.5 Å². The zero-order chi connectivity index (χ0) is 11.6. The van der Waals surface area contributed by atoms with Crippen LogP contribution in [0.25, 0.3) is 0 Å². The van der Waals surface area contributed by atoms with Crippen molar-refractivity contribution in [2.45, 2.75) is 46.1 Å². The fourth-order valence-corrected chi connectivity index (χ4v) is 2.36. The molecule has 0 saturated carbocycles. The highest BCUT2D eigenvalue weighted by molar-refractivity contribution is 5.71. The number of hydrogen-bond donors (Lipinski definition) is 1. The molecule has 3 nitrogen and oxygen atoms in total. The third-order valence-electron chi connectivity index (χ3n) is 3.37. The summed E-state index contributed by atoms with van der Waals surface area (Å²) in [5, 5.41) is 9.17. The summed E-state index contributed by atoms with van der Waals surface area (Å²) < 4.78 is 0. The van der Waals surface area contributed by atoms with E-state index in [0.29, 0.717) is 12.5 Å². The van der Waals surface area contributed by atoms with Crippen LogP contribution in [0.2, 0.25) is 0 Å². The summed E-state index contributed by atoms with van der Waals surface area (Å²) in [5.74, 6) is -0.448. The summed E-state index contributed by atoms with van der Waals surface area (Å²) in [4.78, 5) is 13.4. The molecule has 1 N–H and O–H groups in total. The summed E-state index contributed by atoms with van der Waals surface area (Å²) >= 11 is 0. The lowest BCUT2D eigenvalue weighted by molar-refractivity contribution is -0.142. The van der Waals surface area contributed by atoms with Crippen LogP contribution >= 0.6 is 0 Å². The van der Waals surface area contributed by atoms with E-state index < -0.39 is 5.97 Å². The minimum Gasteiger partial charge on any atom is -0.481 e. The molecule has 1 aliphatic heterocycles. The van der Waals surface area contributed by atoms with Crippen LogP contribution in [0, 0.1) is 11.8 Å². The fourth-order valence-electron chi connectivity index (χ4n) is 2.36. The van der Waals surface area contributed by atoms with Crippen molar-refractivity contribution in [1.82, 2.24) is 4.90 Å². The Hall–Kier alpha value is -0.570. The summed E-state index contributed by atoms with van der Waals surface area (Å²) in [5.41, 5.74) is 0.0934. The van der Waals surface area contributed by atoms with Gasteiger partial charge in [-0.25, -0.2) is 0 Å². The van der Waals surface area contributed by atoms with Gasteiger partial charge in [-0.15, -0.1) is 0 Å². The molecule has 1 rings (SSSR count). The quantitative estimate of drug-likeness (QED) is 0.781. The van der Waals surface area contributed by atoms with Crippen LogP contribution in [0.1, 0.15) is 40.5 Å². The van der Waals surface area contributed by atoms with Crippen LogP contribution in [0.15, 0.2) is 0 Å². The molecule has 0 radical (unpaired) electrons. The van der Waals surface area contributed by atoms with Gasteiger partial charge in [0.2, 0.25) is 0 Å². The number of likely N-dealkylation sites (tertiary alicyclic amines) is 1. The molecule has 0 aromatic carbocycles. The number of nitrogens with zero attached hydrogens (tertiary/aromatic N) is 1. The Morgan fingerprint density at radius 2 is 2.00 bits per heavy atom. The lowest BCUT2D eigenvalue weighted by Crippen LogP contribution is -2.40. The molecule has 1 aliphatic rings. The molecule has 0 aromatic rings. The average Bonchev–Trinajstić information content (AvgIpc) is 2.48. The predicted molar refractivity (Wildman–Crippen MR) is 60.8 cm³/mol. The first-order chi connectivity index (χ1) is 6.86. The maximum Gasteiger partial charge on any atom is 0.308 e. The summed E-state index contributed by atoms with van der Waals surface area (Å²) in [6.45, 7) is 10.2. The molecule has 0 amide bonds. The van der Waals surface area contributed by atoms with Gasteiger partial charge < -0.3 is 5.11 Å². The minimum atomic E-state index is -0.625. The monoisotopic (exact) mass is 213 g/mol. The van der Waals surface area contributed by atoms with Crippen molar-refractivity contribution in [2.75, 3.05) is 13.1 Å². The number of carboxylic acid groups (broad SMARTS) is 1. The van der Waals surface area contributed by atoms with Gasteiger partial charge in [0.05, 0.1) is 5.92 Å². The number of hydrogen-bond acceptors (Lipinski definition) is 2. The molecule has 0 bridgehead atoms. The minimum absolute atomic E-state index is 0.0934. The van der Waals surface area contributed by atoms with E-state index in [0.717, 1.165) is 19.4 Å². The molecular weight excluding hydrogens is 190 g/mol. The number of rotatable bonds is 3. The Morgan fingerprint density at radius 1 is 1.40 bits per heavy atom. The molecule has 0 aliphatic carbocycles. The Kier molecular flexibility index (Phi) is 3.77. The van der Waals surface area contributed by atoms with Crippen molar-refractivity contribution in [2.24, 2.45) is 11.8 Å². The van der Waals surface area contributed by atoms with E-state index >= 15 is 0 Å². The van der Waals surface area contributed by atoms with Crippen molar-refractivity contribution in [1.29, 1.82) is 0 Å². The molecule has 1 fully saturated rings. The van der Waals surface area contributed by atoms with Gasteiger partial charge in [0.1, 0.15) is 0 Å². The highest BCUT2D eigenvalue weighted by atomic mass is 16.4. The molecular formula is C12H23NO2. The first kappa shape index (κ1) is 12.5. The van der Waals surface area contributed by atoms with E-state index in [4.69, 9.17) is 5.11 Å². The van der Waals surface area contributed by atoms with Crippen molar-refractivity contribution in [3.05, 3.63) is 0 Å². The number of carboxylic acids is 1. The first-order valence-corrected chi connectivity index (χ1v) is 5.84. The van der Waals surface area contributed by atoms with Crippen LogP contribution in [0.3, 0.4) is 0 Å². The molecule has 0 unspecified atom stereocenters. The number of carbonyl (C=O) groups is 1. The molecule has 1 heterocycles. The zero-order valence-corrected chi connectivity index (χ0v) is 10.3. The normalized spacial score (nSPS) is 28.3. The van der Waals surface area contributed by atoms with Gasteiger partial charge in [0, 0.05) is 18.6 Å². The number of aliphatic carboxylic acids is 1. The lowest BCUT2D eigenvalue weighted by Gasteiger charge is -2.31. The van der Waals surface area contributed by atoms with Crippen LogP contribution in [-0.4, -0.2) is 34.6 Å². The second-order valence-corrected chi connectivity index (χ2v) is 5.57. The van der Waals surface area contributed by atoms with Crippen molar-refractivity contribution >= 4 is 5.97 Å². The van der Waals surface area contributed by atoms with Crippen molar-refractivity contribution < 1.29 is 9.90 Å². The van der Waals surface area contributed by atoms with Gasteiger partial charge in [-0.2, -0.15) is 0 Å². The molecule has 1 saturated heterocycles. The van der Waals surface area contributed by atoms with E-state index in [1.54, 1.807) is 0 Å². The topological polar surface area (TPSA) is 40.5 Å². The first-order valence-electron chi connectivity index (χ1n) is 5.84. The van der Waals surface area contributed by atoms with Gasteiger partial charge in [0.25, 0.3) is 0 Å². The summed E-state index contributed by atoms with van der Waals surface area (Å²) in [7, 11) is 0. The average molecular weight is 213 g/mol. The highest BCUT2D eigenvalue weighted by Crippen LogP contribution is 2.31. The Morgan fingerprint density at radius 3 is 2.40 bits per heavy atom. The Bertz CT molecular complexity index is 232. The molecule has 2 atom stereocenters. The lowest BCUT2D eigenvalue weighted by atomic mass is 9.92. The SMILES string of the molecule is CCC[C@@H]1CN(C(C)(C)C)C[C@H]1C(=O)O. The molecule has 0 spiro atoms. The van der Waals surface area contributed by atoms with Crippen LogP contribution in [-0.2, 0) is 4.79 Å². The van der Waals surface area contributed by atoms with E-state index in [1.165, 1.54) is 0 Å². The molecule has 88 valence electrons. The summed E-state index contributed by atoms with van der Waals surface area (Å²) in [6, 6.07) is 0. The Balaban J connectivity index is 2.69. The fraction of sp³-hybridized carbons (Fsp3) is 0.917. The van der Waals surface area contributed by atoms with Crippen LogP contribution in [0.4, 0.5) is 0 Å². The van der Waals surface area contributed by atoms with Gasteiger partial charge >= 0.3 is 5.97 Å². The third-order valence-corrected chi connectivity index (χ3v) is 3.37. The van der Waals surface area contributed by atoms with Crippen molar-refractivity contribution in [3.8, 4) is 0 Å². The largest absolute Gasteiger partial charge is 0.481 e. The smallest absolute Gasteiger partial charge is 0.308 e. The molecule has 15 heavy (non-hydrogen) atoms. The maximum absolute atomic E-state index is 11.1. The van der Waals surface area contributed by atoms with Gasteiger partial charge in [0.15, 0.2) is 0 Å². The summed E-state index contributed by atoms with van der Waals surface area (Å²) in [6.07, 6.45) is 2.11. The van der Waals surface area contributed by atoms with E-state index in [9.17, 15) is 4.79 Å². The third kappa shape index (κ3) is 2.94. The maximum atomic E-state index is 11.1. The highest BCUT2D eigenvalue weighted by Gasteiger charge is 2.40. The second kappa shape index (κ2) is 4.52. The molecule has 3 heteroatoms. The van der Waals surface area contributed by atoms with Crippen LogP contribution < -0.4 is 0 Å². The zero-order valence-electron chi connectivity index (χ0n) is 10.3. The van der Waals surface area contributed by atoms with Crippen LogP contribution in [0.5, 0.6) is 0 Å². The second-order valence-electron chi connectivity index (χ2n) is 5.57. The van der Waals surface area contributed by atoms with Crippen molar-refractivity contribution in [3.63, 3.8) is 0 Å². The van der Waals surface area contributed by atoms with Gasteiger partial charge in [-0.05, 0) is 33.1 Å².